The van der Waals surface area contributed by atoms with Crippen molar-refractivity contribution < 1.29 is 52.3 Å². The number of piperazine rings is 1. The fourth-order valence-corrected chi connectivity index (χ4v) is 10.7. The molecule has 6 aliphatic rings. The van der Waals surface area contributed by atoms with Gasteiger partial charge < -0.3 is 37.9 Å². The number of rotatable bonds is 8. The Kier molecular flexibility index (Phi) is 10.6. The van der Waals surface area contributed by atoms with Gasteiger partial charge in [-0.2, -0.15) is 5.26 Å². The summed E-state index contributed by atoms with van der Waals surface area (Å²) in [7, 11) is 5.16. The molecule has 14 nitrogen and oxygen atoms in total. The van der Waals surface area contributed by atoms with Crippen LogP contribution in [0, 0.1) is 25.2 Å². The normalized spacial score (nSPS) is 26.1. The van der Waals surface area contributed by atoms with Gasteiger partial charge in [0.25, 0.3) is 0 Å². The van der Waals surface area contributed by atoms with Gasteiger partial charge in [0.05, 0.1) is 30.5 Å². The molecule has 0 aliphatic carbocycles. The lowest BCUT2D eigenvalue weighted by molar-refractivity contribution is -0.167. The number of thioether (sulfide) groups is 1. The Balaban J connectivity index is 1.33. The summed E-state index contributed by atoms with van der Waals surface area (Å²) in [6.07, 6.45) is 2.13. The van der Waals surface area contributed by atoms with E-state index >= 15 is 0 Å². The van der Waals surface area contributed by atoms with Crippen LogP contribution in [0.3, 0.4) is 0 Å². The third-order valence-electron chi connectivity index (χ3n) is 11.4. The maximum atomic E-state index is 13.9. The standard InChI is InChI=1S/C42H43N3O11S/c1-21-14-25-15-26-27(16-43)45-28-17-51-42(48)29(56-30(47)13-12-24-10-8-7-9-11-24)18-57-41(33-32(28)40-38(53-20-54-40)22(2)37(33)55-23(3)46)35(45)34(44(26)4)31(25)39(36(21)50-6)52-19-49-5/h7-14,26-29,34-35,41H,15,17-20H2,1-6H3/t26-,27-,28+,29-,34+,35?,41+/m0/s1. The molecule has 0 saturated carbocycles. The molecule has 4 bridgehead atoms. The van der Waals surface area contributed by atoms with E-state index < -0.39 is 53.4 Å². The highest BCUT2D eigenvalue weighted by Crippen LogP contribution is 2.64. The summed E-state index contributed by atoms with van der Waals surface area (Å²) in [5.74, 6) is 0.274. The second kappa shape index (κ2) is 15.6. The average molecular weight is 798 g/mol. The van der Waals surface area contributed by atoms with Gasteiger partial charge in [-0.3, -0.25) is 14.6 Å². The fraction of sp³-hybridized carbons (Fsp3) is 0.429. The van der Waals surface area contributed by atoms with Crippen molar-refractivity contribution in [1.29, 1.82) is 5.26 Å². The summed E-state index contributed by atoms with van der Waals surface area (Å²) in [6.45, 7) is 4.77. The molecule has 57 heavy (non-hydrogen) atoms. The second-order valence-electron chi connectivity index (χ2n) is 14.6. The van der Waals surface area contributed by atoms with Crippen LogP contribution in [0.25, 0.3) is 6.08 Å². The summed E-state index contributed by atoms with van der Waals surface area (Å²) in [5.41, 5.74) is 5.40. The van der Waals surface area contributed by atoms with Gasteiger partial charge in [-0.05, 0) is 50.1 Å². The van der Waals surface area contributed by atoms with Crippen LogP contribution in [-0.2, 0) is 35.0 Å². The number of methoxy groups -OCH3 is 2. The van der Waals surface area contributed by atoms with E-state index in [0.29, 0.717) is 51.9 Å². The first-order valence-electron chi connectivity index (χ1n) is 18.6. The van der Waals surface area contributed by atoms with Crippen molar-refractivity contribution in [1.82, 2.24) is 9.80 Å². The number of hydrogen-bond acceptors (Lipinski definition) is 15. The maximum Gasteiger partial charge on any atom is 0.348 e. The second-order valence-corrected chi connectivity index (χ2v) is 15.8. The Morgan fingerprint density at radius 1 is 1.04 bits per heavy atom. The lowest BCUT2D eigenvalue weighted by atomic mass is 9.71. The average Bonchev–Trinajstić information content (AvgIpc) is 3.69. The van der Waals surface area contributed by atoms with Crippen molar-refractivity contribution in [3.05, 3.63) is 81.4 Å². The predicted octanol–water partition coefficient (Wildman–Crippen LogP) is 5.13. The van der Waals surface area contributed by atoms with Gasteiger partial charge in [0.2, 0.25) is 12.9 Å². The largest absolute Gasteiger partial charge is 0.493 e. The molecule has 298 valence electrons. The molecule has 0 N–H and O–H groups in total. The first-order valence-corrected chi connectivity index (χ1v) is 19.7. The van der Waals surface area contributed by atoms with Crippen molar-refractivity contribution in [3.63, 3.8) is 0 Å². The van der Waals surface area contributed by atoms with Gasteiger partial charge in [-0.25, -0.2) is 9.59 Å². The highest BCUT2D eigenvalue weighted by Gasteiger charge is 2.61. The Morgan fingerprint density at radius 3 is 2.53 bits per heavy atom. The number of likely N-dealkylation sites (N-methyl/N-ethyl adjacent to an activating group) is 1. The topological polar surface area (TPSA) is 155 Å². The number of carbonyl (C=O) groups is 3. The van der Waals surface area contributed by atoms with Crippen LogP contribution in [-0.4, -0.2) is 99.2 Å². The van der Waals surface area contributed by atoms with Crippen LogP contribution >= 0.6 is 11.8 Å². The van der Waals surface area contributed by atoms with E-state index in [2.05, 4.69) is 21.9 Å². The number of nitriles is 1. The number of ether oxygens (including phenoxy) is 8. The molecule has 0 spiro atoms. The van der Waals surface area contributed by atoms with Crippen LogP contribution in [0.4, 0.5) is 0 Å². The van der Waals surface area contributed by atoms with Gasteiger partial charge in [0, 0.05) is 60.2 Å². The van der Waals surface area contributed by atoms with E-state index in [1.165, 1.54) is 24.8 Å². The van der Waals surface area contributed by atoms with Crippen LogP contribution in [0.15, 0.2) is 42.5 Å². The minimum absolute atomic E-state index is 0.0238. The van der Waals surface area contributed by atoms with E-state index in [4.69, 9.17) is 37.9 Å². The Labute approximate surface area is 334 Å². The van der Waals surface area contributed by atoms with Crippen molar-refractivity contribution in [2.24, 2.45) is 0 Å². The van der Waals surface area contributed by atoms with Gasteiger partial charge in [-0.1, -0.05) is 36.4 Å². The summed E-state index contributed by atoms with van der Waals surface area (Å²) in [5, 5.41) is 10.5. The number of aryl methyl sites for hydroxylation is 1. The molecule has 2 saturated heterocycles. The van der Waals surface area contributed by atoms with Crippen molar-refractivity contribution in [2.45, 2.75) is 68.8 Å². The van der Waals surface area contributed by atoms with Crippen LogP contribution in [0.5, 0.6) is 28.7 Å². The minimum Gasteiger partial charge on any atom is -0.493 e. The Bertz CT molecular complexity index is 2190. The number of benzene rings is 3. The number of carbonyl (C=O) groups excluding carboxylic acids is 3. The first-order chi connectivity index (χ1) is 27.6. The molecular formula is C42H43N3O11S. The fourth-order valence-electron chi connectivity index (χ4n) is 9.18. The molecule has 0 aromatic heterocycles. The molecule has 1 unspecified atom stereocenters. The lowest BCUT2D eigenvalue weighted by Crippen LogP contribution is -2.69. The monoisotopic (exact) mass is 797 g/mol. The molecule has 3 aromatic rings. The third-order valence-corrected chi connectivity index (χ3v) is 12.8. The summed E-state index contributed by atoms with van der Waals surface area (Å²) < 4.78 is 47.9. The van der Waals surface area contributed by atoms with Crippen molar-refractivity contribution >= 4 is 35.7 Å². The van der Waals surface area contributed by atoms with Crippen molar-refractivity contribution in [2.75, 3.05) is 47.2 Å². The van der Waals surface area contributed by atoms with Gasteiger partial charge >= 0.3 is 17.9 Å². The van der Waals surface area contributed by atoms with E-state index in [1.54, 1.807) is 20.3 Å². The molecule has 15 heteroatoms. The number of fused-ring (bicyclic) bond motifs is 10. The summed E-state index contributed by atoms with van der Waals surface area (Å²) in [4.78, 5) is 44.4. The summed E-state index contributed by atoms with van der Waals surface area (Å²) >= 11 is 1.36. The number of nitrogens with zero attached hydrogens (tertiary/aromatic N) is 3. The van der Waals surface area contributed by atoms with Crippen LogP contribution in [0.1, 0.15) is 63.2 Å². The Hall–Kier alpha value is -5.27. The predicted molar refractivity (Wildman–Crippen MR) is 206 cm³/mol. The molecule has 2 fully saturated rings. The quantitative estimate of drug-likeness (QED) is 0.128. The van der Waals surface area contributed by atoms with Crippen LogP contribution < -0.4 is 23.7 Å². The lowest BCUT2D eigenvalue weighted by Gasteiger charge is -2.61. The zero-order valence-electron chi connectivity index (χ0n) is 32.4. The molecular weight excluding hydrogens is 755 g/mol. The van der Waals surface area contributed by atoms with E-state index in [1.807, 2.05) is 51.2 Å². The molecule has 6 heterocycles. The van der Waals surface area contributed by atoms with E-state index in [9.17, 15) is 19.6 Å². The van der Waals surface area contributed by atoms with Crippen LogP contribution in [0.2, 0.25) is 0 Å². The molecule has 0 radical (unpaired) electrons. The maximum absolute atomic E-state index is 13.9. The molecule has 0 amide bonds. The highest BCUT2D eigenvalue weighted by atomic mass is 32.2. The minimum atomic E-state index is -1.28. The molecule has 9 rings (SSSR count). The SMILES string of the molecule is COCOc1c(OC)c(C)cc2c1[C@@H]1C3[C@@H]4SC[C@H](OC(=O)C=Cc5ccccc5)C(=O)OC[C@H](c5c6c(c(C)c(OC(C)=O)c54)OCO6)N3[C@@H](C#N)[C@H](C2)N1C. The first kappa shape index (κ1) is 38.6. The molecule has 7 atom stereocenters. The zero-order chi connectivity index (χ0) is 40.1. The van der Waals surface area contributed by atoms with Crippen molar-refractivity contribution in [3.8, 4) is 34.8 Å². The molecule has 6 aliphatic heterocycles. The summed E-state index contributed by atoms with van der Waals surface area (Å²) in [6, 6.07) is 11.3. The zero-order valence-corrected chi connectivity index (χ0v) is 33.3. The third kappa shape index (κ3) is 6.54. The van der Waals surface area contributed by atoms with E-state index in [-0.39, 0.29) is 32.0 Å². The number of hydrogen-bond donors (Lipinski definition) is 0. The van der Waals surface area contributed by atoms with E-state index in [0.717, 1.165) is 22.3 Å². The Morgan fingerprint density at radius 2 is 1.81 bits per heavy atom. The van der Waals surface area contributed by atoms with Gasteiger partial charge in [0.1, 0.15) is 18.4 Å². The smallest absolute Gasteiger partial charge is 0.348 e. The molecule has 3 aromatic carbocycles. The van der Waals surface area contributed by atoms with Gasteiger partial charge in [0.15, 0.2) is 29.8 Å². The highest BCUT2D eigenvalue weighted by molar-refractivity contribution is 7.99. The van der Waals surface area contributed by atoms with Gasteiger partial charge in [-0.15, -0.1) is 11.8 Å². The number of esters is 3.